The Labute approximate surface area is 190 Å². The summed E-state index contributed by atoms with van der Waals surface area (Å²) >= 11 is 6.12. The van der Waals surface area contributed by atoms with E-state index in [-0.39, 0.29) is 18.6 Å². The van der Waals surface area contributed by atoms with E-state index >= 15 is 0 Å². The molecule has 0 spiro atoms. The van der Waals surface area contributed by atoms with Gasteiger partial charge in [0.05, 0.1) is 19.3 Å². The maximum atomic E-state index is 11.6. The lowest BCUT2D eigenvalue weighted by Crippen LogP contribution is -2.48. The molecule has 2 aromatic carbocycles. The first-order valence-corrected chi connectivity index (χ1v) is 11.6. The van der Waals surface area contributed by atoms with E-state index in [4.69, 9.17) is 21.1 Å². The SMILES string of the molecule is CCCCOC(=O)COCCN1CCN([C@H](c2ccccc2)c2ccc(Cl)cc2)CC1. The Bertz CT molecular complexity index is 777. The molecule has 1 atom stereocenters. The summed E-state index contributed by atoms with van der Waals surface area (Å²) in [5.74, 6) is -0.271. The minimum atomic E-state index is -0.271. The van der Waals surface area contributed by atoms with E-state index in [9.17, 15) is 4.79 Å². The smallest absolute Gasteiger partial charge is 0.332 e. The summed E-state index contributed by atoms with van der Waals surface area (Å²) in [7, 11) is 0. The highest BCUT2D eigenvalue weighted by Crippen LogP contribution is 2.30. The number of hydrogen-bond donors (Lipinski definition) is 0. The van der Waals surface area contributed by atoms with Gasteiger partial charge in [-0.15, -0.1) is 0 Å². The predicted molar refractivity (Wildman–Crippen MR) is 124 cm³/mol. The molecule has 0 radical (unpaired) electrons. The number of halogens is 1. The van der Waals surface area contributed by atoms with Crippen molar-refractivity contribution in [1.29, 1.82) is 0 Å². The van der Waals surface area contributed by atoms with Crippen LogP contribution in [-0.2, 0) is 14.3 Å². The number of hydrogen-bond acceptors (Lipinski definition) is 5. The summed E-state index contributed by atoms with van der Waals surface area (Å²) in [6, 6.07) is 19.0. The van der Waals surface area contributed by atoms with Gasteiger partial charge in [0, 0.05) is 37.7 Å². The molecule has 0 saturated carbocycles. The van der Waals surface area contributed by atoms with Gasteiger partial charge in [-0.1, -0.05) is 67.4 Å². The first kappa shape index (κ1) is 23.7. The van der Waals surface area contributed by atoms with E-state index in [1.165, 1.54) is 11.1 Å². The maximum Gasteiger partial charge on any atom is 0.332 e. The van der Waals surface area contributed by atoms with Crippen LogP contribution >= 0.6 is 11.6 Å². The van der Waals surface area contributed by atoms with E-state index in [0.717, 1.165) is 50.6 Å². The van der Waals surface area contributed by atoms with E-state index in [2.05, 4.69) is 59.2 Å². The number of benzene rings is 2. The summed E-state index contributed by atoms with van der Waals surface area (Å²) in [4.78, 5) is 16.5. The first-order valence-electron chi connectivity index (χ1n) is 11.2. The van der Waals surface area contributed by atoms with Gasteiger partial charge in [0.15, 0.2) is 0 Å². The van der Waals surface area contributed by atoms with Gasteiger partial charge < -0.3 is 9.47 Å². The topological polar surface area (TPSA) is 42.0 Å². The lowest BCUT2D eigenvalue weighted by molar-refractivity contribution is -0.149. The average molecular weight is 445 g/mol. The van der Waals surface area contributed by atoms with Crippen LogP contribution in [0.25, 0.3) is 0 Å². The minimum Gasteiger partial charge on any atom is -0.464 e. The number of esters is 1. The average Bonchev–Trinajstić information content (AvgIpc) is 2.80. The fourth-order valence-corrected chi connectivity index (χ4v) is 3.99. The van der Waals surface area contributed by atoms with E-state index in [1.54, 1.807) is 0 Å². The van der Waals surface area contributed by atoms with Crippen LogP contribution in [0.15, 0.2) is 54.6 Å². The van der Waals surface area contributed by atoms with Crippen molar-refractivity contribution in [2.45, 2.75) is 25.8 Å². The highest BCUT2D eigenvalue weighted by Gasteiger charge is 2.26. The molecule has 1 heterocycles. The second-order valence-corrected chi connectivity index (χ2v) is 8.31. The summed E-state index contributed by atoms with van der Waals surface area (Å²) in [5.41, 5.74) is 2.55. The van der Waals surface area contributed by atoms with Gasteiger partial charge in [-0.2, -0.15) is 0 Å². The number of carbonyl (C=O) groups excluding carboxylic acids is 1. The second kappa shape index (κ2) is 12.8. The van der Waals surface area contributed by atoms with Gasteiger partial charge >= 0.3 is 5.97 Å². The van der Waals surface area contributed by atoms with Crippen molar-refractivity contribution in [3.05, 3.63) is 70.7 Å². The lowest BCUT2D eigenvalue weighted by atomic mass is 9.96. The van der Waals surface area contributed by atoms with Gasteiger partial charge in [0.1, 0.15) is 6.61 Å². The van der Waals surface area contributed by atoms with Crippen molar-refractivity contribution in [3.63, 3.8) is 0 Å². The van der Waals surface area contributed by atoms with Gasteiger partial charge in [0.2, 0.25) is 0 Å². The highest BCUT2D eigenvalue weighted by atomic mass is 35.5. The molecule has 0 bridgehead atoms. The zero-order chi connectivity index (χ0) is 21.9. The highest BCUT2D eigenvalue weighted by molar-refractivity contribution is 6.30. The third kappa shape index (κ3) is 7.62. The molecule has 31 heavy (non-hydrogen) atoms. The molecule has 3 rings (SSSR count). The first-order chi connectivity index (χ1) is 15.2. The van der Waals surface area contributed by atoms with E-state index < -0.39 is 0 Å². The van der Waals surface area contributed by atoms with Crippen LogP contribution < -0.4 is 0 Å². The molecule has 0 unspecified atom stereocenters. The van der Waals surface area contributed by atoms with Crippen LogP contribution in [0.3, 0.4) is 0 Å². The van der Waals surface area contributed by atoms with Gasteiger partial charge in [-0.3, -0.25) is 9.80 Å². The molecule has 1 saturated heterocycles. The van der Waals surface area contributed by atoms with Crippen LogP contribution in [0, 0.1) is 0 Å². The molecule has 2 aromatic rings. The Morgan fingerprint density at radius 3 is 2.32 bits per heavy atom. The molecule has 1 aliphatic heterocycles. The number of ether oxygens (including phenoxy) is 2. The second-order valence-electron chi connectivity index (χ2n) is 7.87. The zero-order valence-electron chi connectivity index (χ0n) is 18.3. The van der Waals surface area contributed by atoms with Crippen LogP contribution in [0.4, 0.5) is 0 Å². The van der Waals surface area contributed by atoms with Crippen molar-refractivity contribution in [3.8, 4) is 0 Å². The molecule has 5 nitrogen and oxygen atoms in total. The molecule has 0 aromatic heterocycles. The van der Waals surface area contributed by atoms with Crippen molar-refractivity contribution < 1.29 is 14.3 Å². The Morgan fingerprint density at radius 1 is 0.968 bits per heavy atom. The third-order valence-corrected chi connectivity index (χ3v) is 5.86. The minimum absolute atomic E-state index is 0.0380. The number of nitrogens with zero attached hydrogens (tertiary/aromatic N) is 2. The van der Waals surface area contributed by atoms with Crippen LogP contribution in [0.1, 0.15) is 36.9 Å². The number of unbranched alkanes of at least 4 members (excludes halogenated alkanes) is 1. The third-order valence-electron chi connectivity index (χ3n) is 5.61. The Morgan fingerprint density at radius 2 is 1.65 bits per heavy atom. The maximum absolute atomic E-state index is 11.6. The van der Waals surface area contributed by atoms with Crippen molar-refractivity contribution in [2.24, 2.45) is 0 Å². The molecule has 0 amide bonds. The summed E-state index contributed by atoms with van der Waals surface area (Å²) in [6.07, 6.45) is 1.92. The predicted octanol–water partition coefficient (Wildman–Crippen LogP) is 4.41. The molecule has 1 fully saturated rings. The molecule has 1 aliphatic rings. The summed E-state index contributed by atoms with van der Waals surface area (Å²) in [6.45, 7) is 7.86. The quantitative estimate of drug-likeness (QED) is 0.379. The van der Waals surface area contributed by atoms with Crippen LogP contribution in [0.2, 0.25) is 5.02 Å². The van der Waals surface area contributed by atoms with Crippen molar-refractivity contribution >= 4 is 17.6 Å². The van der Waals surface area contributed by atoms with Crippen LogP contribution in [0.5, 0.6) is 0 Å². The Hall–Kier alpha value is -1.92. The van der Waals surface area contributed by atoms with Crippen LogP contribution in [-0.4, -0.2) is 68.3 Å². The molecule has 0 aliphatic carbocycles. The standard InChI is InChI=1S/C25H33ClN2O3/c1-2-3-18-31-24(29)20-30-19-17-27-13-15-28(16-14-27)25(21-7-5-4-6-8-21)22-9-11-23(26)12-10-22/h4-12,25H,2-3,13-20H2,1H3/t25-/m1/s1. The summed E-state index contributed by atoms with van der Waals surface area (Å²) < 4.78 is 10.6. The number of piperazine rings is 1. The normalized spacial score (nSPS) is 16.2. The zero-order valence-corrected chi connectivity index (χ0v) is 19.1. The fraction of sp³-hybridized carbons (Fsp3) is 0.480. The number of carbonyl (C=O) groups is 1. The molecular formula is C25H33ClN2O3. The van der Waals surface area contributed by atoms with Crippen molar-refractivity contribution in [1.82, 2.24) is 9.80 Å². The Balaban J connectivity index is 1.47. The molecule has 168 valence electrons. The van der Waals surface area contributed by atoms with Gasteiger partial charge in [-0.05, 0) is 29.7 Å². The van der Waals surface area contributed by atoms with Gasteiger partial charge in [0.25, 0.3) is 0 Å². The lowest BCUT2D eigenvalue weighted by Gasteiger charge is -2.39. The fourth-order valence-electron chi connectivity index (χ4n) is 3.86. The largest absolute Gasteiger partial charge is 0.464 e. The number of rotatable bonds is 11. The van der Waals surface area contributed by atoms with Gasteiger partial charge in [-0.25, -0.2) is 4.79 Å². The Kier molecular flexibility index (Phi) is 9.82. The molecule has 6 heteroatoms. The van der Waals surface area contributed by atoms with E-state index in [0.29, 0.717) is 13.2 Å². The molecule has 0 N–H and O–H groups in total. The molecular weight excluding hydrogens is 412 g/mol. The summed E-state index contributed by atoms with van der Waals surface area (Å²) in [5, 5.41) is 0.759. The van der Waals surface area contributed by atoms with Crippen molar-refractivity contribution in [2.75, 3.05) is 52.5 Å². The monoisotopic (exact) mass is 444 g/mol. The van der Waals surface area contributed by atoms with E-state index in [1.807, 2.05) is 12.1 Å².